The zero-order valence-corrected chi connectivity index (χ0v) is 10.5. The molecule has 0 radical (unpaired) electrons. The zero-order valence-electron chi connectivity index (χ0n) is 10.5. The van der Waals surface area contributed by atoms with E-state index in [4.69, 9.17) is 0 Å². The quantitative estimate of drug-likeness (QED) is 0.501. The van der Waals surface area contributed by atoms with Gasteiger partial charge in [-0.3, -0.25) is 10.1 Å². The number of aryl methyl sites for hydroxylation is 1. The molecule has 5 heteroatoms. The number of nitro groups is 1. The number of aromatic hydroxyl groups is 1. The van der Waals surface area contributed by atoms with Gasteiger partial charge in [-0.15, -0.1) is 0 Å². The number of nitrogens with one attached hydrogen (secondary N) is 1. The van der Waals surface area contributed by atoms with Gasteiger partial charge in [-0.25, -0.2) is 0 Å². The Morgan fingerprint density at radius 2 is 2.00 bits per heavy atom. The molecule has 0 atom stereocenters. The minimum absolute atomic E-state index is 0.117. The van der Waals surface area contributed by atoms with Crippen molar-refractivity contribution in [3.8, 4) is 5.75 Å². The highest BCUT2D eigenvalue weighted by molar-refractivity contribution is 5.63. The van der Waals surface area contributed by atoms with Crippen LogP contribution in [0.5, 0.6) is 5.75 Å². The van der Waals surface area contributed by atoms with Crippen molar-refractivity contribution in [3.63, 3.8) is 0 Å². The third-order valence-electron chi connectivity index (χ3n) is 2.91. The molecule has 0 aliphatic heterocycles. The fourth-order valence-corrected chi connectivity index (χ4v) is 1.82. The summed E-state index contributed by atoms with van der Waals surface area (Å²) in [7, 11) is 0. The average Bonchev–Trinajstić information content (AvgIpc) is 2.38. The molecule has 2 aromatic carbocycles. The minimum atomic E-state index is -0.514. The number of rotatable bonds is 4. The normalized spacial score (nSPS) is 10.2. The SMILES string of the molecule is Cc1ccccc1CNc1ccc(O)cc1[N+](=O)[O-]. The number of nitrogens with zero attached hydrogens (tertiary/aromatic N) is 1. The van der Waals surface area contributed by atoms with Gasteiger partial charge in [-0.1, -0.05) is 24.3 Å². The number of benzene rings is 2. The summed E-state index contributed by atoms with van der Waals surface area (Å²) < 4.78 is 0. The van der Waals surface area contributed by atoms with Gasteiger partial charge in [0, 0.05) is 6.54 Å². The van der Waals surface area contributed by atoms with E-state index in [1.165, 1.54) is 12.1 Å². The smallest absolute Gasteiger partial charge is 0.296 e. The lowest BCUT2D eigenvalue weighted by Crippen LogP contribution is -2.03. The molecule has 0 heterocycles. The zero-order chi connectivity index (χ0) is 13.8. The van der Waals surface area contributed by atoms with Gasteiger partial charge in [-0.05, 0) is 30.2 Å². The van der Waals surface area contributed by atoms with Crippen LogP contribution in [0.25, 0.3) is 0 Å². The number of anilines is 1. The Kier molecular flexibility index (Phi) is 3.66. The molecule has 0 amide bonds. The predicted octanol–water partition coefficient (Wildman–Crippen LogP) is 3.22. The lowest BCUT2D eigenvalue weighted by atomic mass is 10.1. The van der Waals surface area contributed by atoms with Crippen LogP contribution in [0.4, 0.5) is 11.4 Å². The molecule has 2 N–H and O–H groups in total. The van der Waals surface area contributed by atoms with Gasteiger partial charge in [0.15, 0.2) is 0 Å². The van der Waals surface area contributed by atoms with E-state index >= 15 is 0 Å². The highest BCUT2D eigenvalue weighted by Crippen LogP contribution is 2.28. The summed E-state index contributed by atoms with van der Waals surface area (Å²) in [5, 5.41) is 23.2. The summed E-state index contributed by atoms with van der Waals surface area (Å²) in [6.45, 7) is 2.49. The molecular formula is C14H14N2O3. The van der Waals surface area contributed by atoms with Gasteiger partial charge in [-0.2, -0.15) is 0 Å². The van der Waals surface area contributed by atoms with Crippen molar-refractivity contribution in [2.24, 2.45) is 0 Å². The van der Waals surface area contributed by atoms with E-state index in [0.717, 1.165) is 17.2 Å². The third kappa shape index (κ3) is 3.01. The maximum atomic E-state index is 10.9. The first-order valence-corrected chi connectivity index (χ1v) is 5.83. The molecule has 0 aliphatic carbocycles. The second kappa shape index (κ2) is 5.39. The summed E-state index contributed by atoms with van der Waals surface area (Å²) in [5.74, 6) is -0.117. The van der Waals surface area contributed by atoms with Gasteiger partial charge < -0.3 is 10.4 Å². The molecule has 98 valence electrons. The van der Waals surface area contributed by atoms with Crippen molar-refractivity contribution < 1.29 is 10.0 Å². The Bertz CT molecular complexity index is 611. The molecule has 0 bridgehead atoms. The number of phenolic OH excluding ortho intramolecular Hbond substituents is 1. The first-order chi connectivity index (χ1) is 9.08. The minimum Gasteiger partial charge on any atom is -0.508 e. The van der Waals surface area contributed by atoms with Crippen molar-refractivity contribution in [1.29, 1.82) is 0 Å². The van der Waals surface area contributed by atoms with Crippen molar-refractivity contribution in [2.45, 2.75) is 13.5 Å². The fourth-order valence-electron chi connectivity index (χ4n) is 1.82. The fraction of sp³-hybridized carbons (Fsp3) is 0.143. The summed E-state index contributed by atoms with van der Waals surface area (Å²) in [6, 6.07) is 11.9. The molecule has 0 aliphatic rings. The third-order valence-corrected chi connectivity index (χ3v) is 2.91. The number of phenols is 1. The van der Waals surface area contributed by atoms with Crippen LogP contribution in [0.1, 0.15) is 11.1 Å². The van der Waals surface area contributed by atoms with E-state index in [2.05, 4.69) is 5.32 Å². The van der Waals surface area contributed by atoms with E-state index < -0.39 is 4.92 Å². The molecule has 0 fully saturated rings. The van der Waals surface area contributed by atoms with Gasteiger partial charge >= 0.3 is 0 Å². The molecule has 0 saturated heterocycles. The van der Waals surface area contributed by atoms with Crippen LogP contribution in [0.15, 0.2) is 42.5 Å². The Balaban J connectivity index is 2.20. The second-order valence-corrected chi connectivity index (χ2v) is 4.24. The van der Waals surface area contributed by atoms with Crippen molar-refractivity contribution >= 4 is 11.4 Å². The summed E-state index contributed by atoms with van der Waals surface area (Å²) in [6.07, 6.45) is 0. The topological polar surface area (TPSA) is 75.4 Å². The Hall–Kier alpha value is -2.56. The highest BCUT2D eigenvalue weighted by Gasteiger charge is 2.14. The average molecular weight is 258 g/mol. The molecule has 2 aromatic rings. The first-order valence-electron chi connectivity index (χ1n) is 5.83. The van der Waals surface area contributed by atoms with Crippen LogP contribution in [-0.4, -0.2) is 10.0 Å². The Morgan fingerprint density at radius 3 is 2.68 bits per heavy atom. The van der Waals surface area contributed by atoms with Crippen molar-refractivity contribution in [3.05, 3.63) is 63.7 Å². The predicted molar refractivity (Wildman–Crippen MR) is 73.3 cm³/mol. The standard InChI is InChI=1S/C14H14N2O3/c1-10-4-2-3-5-11(10)9-15-13-7-6-12(17)8-14(13)16(18)19/h2-8,15,17H,9H2,1H3. The molecule has 5 nitrogen and oxygen atoms in total. The van der Waals surface area contributed by atoms with Crippen LogP contribution in [0.3, 0.4) is 0 Å². The lowest BCUT2D eigenvalue weighted by Gasteiger charge is -2.09. The Morgan fingerprint density at radius 1 is 1.26 bits per heavy atom. The van der Waals surface area contributed by atoms with Crippen LogP contribution >= 0.6 is 0 Å². The van der Waals surface area contributed by atoms with Gasteiger partial charge in [0.2, 0.25) is 0 Å². The molecule has 0 spiro atoms. The monoisotopic (exact) mass is 258 g/mol. The molecular weight excluding hydrogens is 244 g/mol. The number of hydrogen-bond donors (Lipinski definition) is 2. The van der Waals surface area contributed by atoms with Gasteiger partial charge in [0.25, 0.3) is 5.69 Å². The molecule has 2 rings (SSSR count). The Labute approximate surface area is 110 Å². The van der Waals surface area contributed by atoms with E-state index in [0.29, 0.717) is 12.2 Å². The maximum Gasteiger partial charge on any atom is 0.296 e. The second-order valence-electron chi connectivity index (χ2n) is 4.24. The summed E-state index contributed by atoms with van der Waals surface area (Å²) in [5.41, 5.74) is 2.46. The van der Waals surface area contributed by atoms with Gasteiger partial charge in [0.05, 0.1) is 11.0 Å². The van der Waals surface area contributed by atoms with Crippen LogP contribution < -0.4 is 5.32 Å². The van der Waals surface area contributed by atoms with E-state index in [-0.39, 0.29) is 11.4 Å². The first kappa shape index (κ1) is 12.9. The van der Waals surface area contributed by atoms with Gasteiger partial charge in [0.1, 0.15) is 11.4 Å². The molecule has 0 unspecified atom stereocenters. The molecule has 19 heavy (non-hydrogen) atoms. The summed E-state index contributed by atoms with van der Waals surface area (Å²) >= 11 is 0. The largest absolute Gasteiger partial charge is 0.508 e. The van der Waals surface area contributed by atoms with Crippen molar-refractivity contribution in [1.82, 2.24) is 0 Å². The maximum absolute atomic E-state index is 10.9. The summed E-state index contributed by atoms with van der Waals surface area (Å²) in [4.78, 5) is 10.4. The van der Waals surface area contributed by atoms with E-state index in [1.54, 1.807) is 0 Å². The van der Waals surface area contributed by atoms with Crippen molar-refractivity contribution in [2.75, 3.05) is 5.32 Å². The lowest BCUT2D eigenvalue weighted by molar-refractivity contribution is -0.384. The van der Waals surface area contributed by atoms with Crippen LogP contribution in [0.2, 0.25) is 0 Å². The highest BCUT2D eigenvalue weighted by atomic mass is 16.6. The van der Waals surface area contributed by atoms with E-state index in [1.807, 2.05) is 31.2 Å². The number of hydrogen-bond acceptors (Lipinski definition) is 4. The van der Waals surface area contributed by atoms with Crippen LogP contribution in [0, 0.1) is 17.0 Å². The number of nitro benzene ring substituents is 1. The van der Waals surface area contributed by atoms with Crippen LogP contribution in [-0.2, 0) is 6.54 Å². The molecule has 0 saturated carbocycles. The molecule has 0 aromatic heterocycles. The van der Waals surface area contributed by atoms with E-state index in [9.17, 15) is 15.2 Å².